The van der Waals surface area contributed by atoms with Crippen LogP contribution >= 0.6 is 0 Å². The van der Waals surface area contributed by atoms with E-state index in [1.807, 2.05) is 18.2 Å². The number of benzene rings is 7. The van der Waals surface area contributed by atoms with Crippen LogP contribution in [-0.2, 0) is 0 Å². The zero-order chi connectivity index (χ0) is 31.2. The fourth-order valence-electron chi connectivity index (χ4n) is 6.80. The van der Waals surface area contributed by atoms with Crippen LogP contribution in [0.15, 0.2) is 173 Å². The molecule has 1 aromatic heterocycles. The van der Waals surface area contributed by atoms with Gasteiger partial charge in [-0.1, -0.05) is 152 Å². The number of fused-ring (bicyclic) bond motifs is 4. The Morgan fingerprint density at radius 1 is 0.532 bits per heavy atom. The van der Waals surface area contributed by atoms with E-state index in [1.54, 1.807) is 0 Å². The number of nitrogens with one attached hydrogen (secondary N) is 2. The molecule has 0 amide bonds. The van der Waals surface area contributed by atoms with Gasteiger partial charge in [0.25, 0.3) is 0 Å². The third-order valence-electron chi connectivity index (χ3n) is 9.16. The summed E-state index contributed by atoms with van der Waals surface area (Å²) in [6, 6.07) is 57.4. The Bertz CT molecular complexity index is 2400. The van der Waals surface area contributed by atoms with Crippen molar-refractivity contribution in [3.8, 4) is 22.3 Å². The van der Waals surface area contributed by atoms with Crippen LogP contribution in [0.4, 0.5) is 0 Å². The molecule has 9 rings (SSSR count). The molecular weight excluding hydrogens is 574 g/mol. The first-order chi connectivity index (χ1) is 23.3. The molecule has 47 heavy (non-hydrogen) atoms. The molecule has 2 unspecified atom stereocenters. The molecule has 0 aliphatic carbocycles. The van der Waals surface area contributed by atoms with Crippen molar-refractivity contribution in [2.75, 3.05) is 0 Å². The smallest absolute Gasteiger partial charge is 0.143 e. The van der Waals surface area contributed by atoms with E-state index in [0.717, 1.165) is 61.0 Å². The van der Waals surface area contributed by atoms with E-state index in [2.05, 4.69) is 156 Å². The fourth-order valence-corrected chi connectivity index (χ4v) is 6.80. The topological polar surface area (TPSA) is 49.6 Å². The highest BCUT2D eigenvalue weighted by atomic mass is 16.3. The predicted octanol–water partition coefficient (Wildman–Crippen LogP) is 10.4. The molecule has 4 heteroatoms. The van der Waals surface area contributed by atoms with Gasteiger partial charge in [-0.25, -0.2) is 4.99 Å². The predicted molar refractivity (Wildman–Crippen MR) is 193 cm³/mol. The van der Waals surface area contributed by atoms with Crippen molar-refractivity contribution in [3.05, 3.63) is 180 Å². The fraction of sp³-hybridized carbons (Fsp3) is 0.0465. The molecule has 2 N–H and O–H groups in total. The maximum atomic E-state index is 6.83. The van der Waals surface area contributed by atoms with Gasteiger partial charge in [0, 0.05) is 27.5 Å². The number of hydrogen-bond acceptors (Lipinski definition) is 4. The Labute approximate surface area is 273 Å². The third kappa shape index (κ3) is 4.96. The van der Waals surface area contributed by atoms with Gasteiger partial charge in [0.2, 0.25) is 0 Å². The Kier molecular flexibility index (Phi) is 6.65. The molecule has 0 saturated heterocycles. The van der Waals surface area contributed by atoms with Crippen LogP contribution in [0.5, 0.6) is 0 Å². The molecule has 1 aliphatic heterocycles. The third-order valence-corrected chi connectivity index (χ3v) is 9.16. The van der Waals surface area contributed by atoms with E-state index in [4.69, 9.17) is 9.41 Å². The first-order valence-corrected chi connectivity index (χ1v) is 16.0. The van der Waals surface area contributed by atoms with Crippen LogP contribution in [-0.4, -0.2) is 5.84 Å². The van der Waals surface area contributed by atoms with Crippen molar-refractivity contribution in [3.63, 3.8) is 0 Å². The monoisotopic (exact) mass is 605 g/mol. The number of rotatable bonds is 5. The van der Waals surface area contributed by atoms with Crippen molar-refractivity contribution in [1.29, 1.82) is 0 Å². The second kappa shape index (κ2) is 11.4. The van der Waals surface area contributed by atoms with Crippen LogP contribution in [0.25, 0.3) is 55.0 Å². The number of hydrogen-bond donors (Lipinski definition) is 2. The van der Waals surface area contributed by atoms with E-state index in [1.165, 1.54) is 16.5 Å². The molecule has 224 valence electrons. The number of aliphatic imine (C=N–C) groups is 1. The molecule has 0 radical (unpaired) electrons. The number of nitrogens with zero attached hydrogens (tertiary/aromatic N) is 1. The van der Waals surface area contributed by atoms with Crippen molar-refractivity contribution in [1.82, 2.24) is 10.6 Å². The molecule has 0 fully saturated rings. The van der Waals surface area contributed by atoms with E-state index in [9.17, 15) is 0 Å². The average molecular weight is 606 g/mol. The van der Waals surface area contributed by atoms with Gasteiger partial charge in [-0.15, -0.1) is 0 Å². The van der Waals surface area contributed by atoms with Crippen LogP contribution in [0, 0.1) is 0 Å². The molecule has 0 spiro atoms. The first-order valence-electron chi connectivity index (χ1n) is 16.0. The minimum absolute atomic E-state index is 0.225. The highest BCUT2D eigenvalue weighted by Crippen LogP contribution is 2.42. The first kappa shape index (κ1) is 27.3. The Balaban J connectivity index is 1.23. The SMILES string of the molecule is c1ccc(C2=NC(c3ccccc3)NC(c3ccc(-c4ccc(-c5ccccc5)cc4)c4oc5cc6ccccc6cc5c34)N2)cc1. The van der Waals surface area contributed by atoms with Gasteiger partial charge in [0.1, 0.15) is 29.3 Å². The van der Waals surface area contributed by atoms with E-state index >= 15 is 0 Å². The molecule has 1 aliphatic rings. The highest BCUT2D eigenvalue weighted by molar-refractivity contribution is 6.15. The van der Waals surface area contributed by atoms with Crippen molar-refractivity contribution >= 4 is 38.5 Å². The minimum Gasteiger partial charge on any atom is -0.455 e. The molecule has 2 atom stereocenters. The normalized spacial score (nSPS) is 16.3. The molecule has 0 saturated carbocycles. The van der Waals surface area contributed by atoms with E-state index in [-0.39, 0.29) is 12.3 Å². The minimum atomic E-state index is -0.225. The van der Waals surface area contributed by atoms with E-state index < -0.39 is 0 Å². The average Bonchev–Trinajstić information content (AvgIpc) is 3.53. The summed E-state index contributed by atoms with van der Waals surface area (Å²) < 4.78 is 6.83. The molecule has 2 heterocycles. The number of furan rings is 1. The zero-order valence-corrected chi connectivity index (χ0v) is 25.6. The van der Waals surface area contributed by atoms with Crippen LogP contribution in [0.1, 0.15) is 29.0 Å². The van der Waals surface area contributed by atoms with Crippen LogP contribution in [0.3, 0.4) is 0 Å². The quantitative estimate of drug-likeness (QED) is 0.205. The Hall–Kier alpha value is -5.97. The van der Waals surface area contributed by atoms with Crippen LogP contribution < -0.4 is 10.6 Å². The maximum absolute atomic E-state index is 6.83. The zero-order valence-electron chi connectivity index (χ0n) is 25.6. The summed E-state index contributed by atoms with van der Waals surface area (Å²) in [6.07, 6.45) is -0.450. The van der Waals surface area contributed by atoms with Gasteiger partial charge in [-0.2, -0.15) is 0 Å². The van der Waals surface area contributed by atoms with Gasteiger partial charge in [-0.05, 0) is 45.2 Å². The lowest BCUT2D eigenvalue weighted by Gasteiger charge is -2.32. The summed E-state index contributed by atoms with van der Waals surface area (Å²) in [4.78, 5) is 5.14. The van der Waals surface area contributed by atoms with Crippen molar-refractivity contribution in [2.24, 2.45) is 4.99 Å². The number of amidine groups is 1. The standard InChI is InChI=1S/C43H31N3O/c1-4-12-28(13-5-1)29-20-22-30(23-21-29)35-24-25-36(39-37-26-33-18-10-11-19-34(33)27-38(37)47-40(35)39)43-45-41(31-14-6-2-7-15-31)44-42(46-43)32-16-8-3-9-17-32/h1-27,41,43,45H,(H,44,46). The second-order valence-electron chi connectivity index (χ2n) is 12.0. The van der Waals surface area contributed by atoms with Gasteiger partial charge < -0.3 is 9.73 Å². The maximum Gasteiger partial charge on any atom is 0.143 e. The summed E-state index contributed by atoms with van der Waals surface area (Å²) in [5, 5.41) is 12.1. The summed E-state index contributed by atoms with van der Waals surface area (Å²) in [6.45, 7) is 0. The summed E-state index contributed by atoms with van der Waals surface area (Å²) in [7, 11) is 0. The van der Waals surface area contributed by atoms with Gasteiger partial charge >= 0.3 is 0 Å². The molecule has 7 aromatic carbocycles. The highest BCUT2D eigenvalue weighted by Gasteiger charge is 2.29. The largest absolute Gasteiger partial charge is 0.455 e. The van der Waals surface area contributed by atoms with E-state index in [0.29, 0.717) is 0 Å². The Morgan fingerprint density at radius 3 is 1.85 bits per heavy atom. The van der Waals surface area contributed by atoms with Gasteiger partial charge in [0.05, 0.1) is 0 Å². The lowest BCUT2D eigenvalue weighted by Crippen LogP contribution is -2.45. The molecular formula is C43H31N3O. The molecule has 8 aromatic rings. The Morgan fingerprint density at radius 2 is 1.13 bits per heavy atom. The summed E-state index contributed by atoms with van der Waals surface area (Å²) in [5.74, 6) is 0.857. The van der Waals surface area contributed by atoms with Crippen molar-refractivity contribution < 1.29 is 4.42 Å². The van der Waals surface area contributed by atoms with Gasteiger partial charge in [0.15, 0.2) is 0 Å². The van der Waals surface area contributed by atoms with Crippen molar-refractivity contribution in [2.45, 2.75) is 12.3 Å². The lowest BCUT2D eigenvalue weighted by atomic mass is 9.94. The summed E-state index contributed by atoms with van der Waals surface area (Å²) in [5.41, 5.74) is 9.60. The lowest BCUT2D eigenvalue weighted by molar-refractivity contribution is 0.411. The van der Waals surface area contributed by atoms with Gasteiger partial charge in [-0.3, -0.25) is 5.32 Å². The second-order valence-corrected chi connectivity index (χ2v) is 12.0. The summed E-state index contributed by atoms with van der Waals surface area (Å²) >= 11 is 0. The van der Waals surface area contributed by atoms with Crippen LogP contribution in [0.2, 0.25) is 0 Å². The molecule has 0 bridgehead atoms. The molecule has 4 nitrogen and oxygen atoms in total.